The second-order valence-corrected chi connectivity index (χ2v) is 11.1. The van der Waals surface area contributed by atoms with E-state index >= 15 is 4.39 Å². The molecule has 0 radical (unpaired) electrons. The van der Waals surface area contributed by atoms with E-state index in [0.29, 0.717) is 17.7 Å². The van der Waals surface area contributed by atoms with Crippen LogP contribution in [0.4, 0.5) is 10.1 Å². The molecule has 5 rings (SSSR count). The Labute approximate surface area is 234 Å². The Morgan fingerprint density at radius 2 is 1.77 bits per heavy atom. The van der Waals surface area contributed by atoms with Crippen LogP contribution in [0.2, 0.25) is 0 Å². The predicted molar refractivity (Wildman–Crippen MR) is 154 cm³/mol. The lowest BCUT2D eigenvalue weighted by atomic mass is 10.0. The summed E-state index contributed by atoms with van der Waals surface area (Å²) in [5.74, 6) is 0.0436. The molecule has 2 aromatic carbocycles. The topological polar surface area (TPSA) is 98.1 Å². The zero-order valence-corrected chi connectivity index (χ0v) is 23.1. The van der Waals surface area contributed by atoms with Gasteiger partial charge >= 0.3 is 0 Å². The van der Waals surface area contributed by atoms with Crippen LogP contribution >= 0.6 is 12.4 Å². The van der Waals surface area contributed by atoms with Crippen LogP contribution in [-0.4, -0.2) is 48.1 Å². The molecule has 39 heavy (non-hydrogen) atoms. The van der Waals surface area contributed by atoms with E-state index in [1.54, 1.807) is 54.5 Å². The molecule has 4 aromatic rings. The molecule has 2 aromatic heterocycles. The highest BCUT2D eigenvalue weighted by Gasteiger charge is 2.21. The van der Waals surface area contributed by atoms with Gasteiger partial charge in [0.15, 0.2) is 5.82 Å². The van der Waals surface area contributed by atoms with Crippen LogP contribution in [0.1, 0.15) is 26.2 Å². The van der Waals surface area contributed by atoms with E-state index in [1.807, 2.05) is 24.3 Å². The van der Waals surface area contributed by atoms with Gasteiger partial charge in [-0.05, 0) is 74.8 Å². The molecule has 0 saturated carbocycles. The molecule has 1 saturated heterocycles. The molecule has 0 amide bonds. The quantitative estimate of drug-likeness (QED) is 0.277. The van der Waals surface area contributed by atoms with Crippen molar-refractivity contribution in [2.24, 2.45) is 0 Å². The third-order valence-corrected chi connectivity index (χ3v) is 7.86. The molecule has 0 unspecified atom stereocenters. The molecular formula is C28H31ClFN5O3S. The summed E-state index contributed by atoms with van der Waals surface area (Å²) in [5, 5.41) is 8.12. The minimum absolute atomic E-state index is 0. The number of anilines is 1. The van der Waals surface area contributed by atoms with Crippen molar-refractivity contribution in [3.63, 3.8) is 0 Å². The minimum atomic E-state index is -3.66. The molecule has 0 aliphatic carbocycles. The van der Waals surface area contributed by atoms with Gasteiger partial charge in [-0.15, -0.1) is 12.4 Å². The standard InChI is InChI=1S/C28H30FN5O3S.ClH/c1-2-18-38(35,36)33-26-5-3-4-24(27(26)29)25-19-34(32-28(25)20-10-14-30-15-11-20)21-6-8-22(9-7-21)37-23-12-16-31-17-13-23;/h3-11,14-15,19,23,31,33H,2,12-13,16-18H2,1H3;1H. The first-order valence-corrected chi connectivity index (χ1v) is 14.4. The predicted octanol–water partition coefficient (Wildman–Crippen LogP) is 5.44. The van der Waals surface area contributed by atoms with Crippen LogP contribution < -0.4 is 14.8 Å². The molecule has 206 valence electrons. The molecular weight excluding hydrogens is 541 g/mol. The zero-order valence-electron chi connectivity index (χ0n) is 21.5. The van der Waals surface area contributed by atoms with E-state index in [9.17, 15) is 8.42 Å². The number of hydrogen-bond acceptors (Lipinski definition) is 6. The first kappa shape index (κ1) is 28.5. The van der Waals surface area contributed by atoms with Gasteiger partial charge in [0, 0.05) is 35.3 Å². The number of hydrogen-bond donors (Lipinski definition) is 2. The third-order valence-electron chi connectivity index (χ3n) is 6.39. The minimum Gasteiger partial charge on any atom is -0.490 e. The molecule has 2 N–H and O–H groups in total. The smallest absolute Gasteiger partial charge is 0.232 e. The van der Waals surface area contributed by atoms with Gasteiger partial charge in [-0.3, -0.25) is 9.71 Å². The highest BCUT2D eigenvalue weighted by atomic mass is 35.5. The van der Waals surface area contributed by atoms with Gasteiger partial charge in [-0.25, -0.2) is 17.5 Å². The van der Waals surface area contributed by atoms with Gasteiger partial charge in [0.1, 0.15) is 17.5 Å². The van der Waals surface area contributed by atoms with Gasteiger partial charge in [-0.1, -0.05) is 19.1 Å². The maximum atomic E-state index is 15.7. The van der Waals surface area contributed by atoms with Gasteiger partial charge in [0.05, 0.1) is 17.1 Å². The molecule has 1 aliphatic rings. The number of halogens is 2. The maximum absolute atomic E-state index is 15.7. The highest BCUT2D eigenvalue weighted by molar-refractivity contribution is 7.92. The highest BCUT2D eigenvalue weighted by Crippen LogP contribution is 2.36. The van der Waals surface area contributed by atoms with Crippen LogP contribution in [0.3, 0.4) is 0 Å². The lowest BCUT2D eigenvalue weighted by Crippen LogP contribution is -2.34. The van der Waals surface area contributed by atoms with E-state index < -0.39 is 15.8 Å². The molecule has 1 aliphatic heterocycles. The Hall–Kier alpha value is -3.47. The summed E-state index contributed by atoms with van der Waals surface area (Å²) in [6, 6.07) is 15.9. The Kier molecular flexibility index (Phi) is 9.21. The molecule has 0 atom stereocenters. The van der Waals surface area contributed by atoms with E-state index in [2.05, 4.69) is 15.0 Å². The molecule has 3 heterocycles. The number of piperidine rings is 1. The number of benzene rings is 2. The zero-order chi connectivity index (χ0) is 26.5. The number of ether oxygens (including phenoxy) is 1. The first-order valence-electron chi connectivity index (χ1n) is 12.7. The maximum Gasteiger partial charge on any atom is 0.232 e. The Morgan fingerprint density at radius 3 is 2.46 bits per heavy atom. The molecule has 11 heteroatoms. The lowest BCUT2D eigenvalue weighted by molar-refractivity contribution is 0.162. The lowest BCUT2D eigenvalue weighted by Gasteiger charge is -2.23. The summed E-state index contributed by atoms with van der Waals surface area (Å²) in [6.45, 7) is 3.66. The molecule has 0 bridgehead atoms. The number of aromatic nitrogens is 3. The Morgan fingerprint density at radius 1 is 1.05 bits per heavy atom. The average molecular weight is 572 g/mol. The van der Waals surface area contributed by atoms with Crippen molar-refractivity contribution in [3.8, 4) is 33.8 Å². The van der Waals surface area contributed by atoms with Crippen molar-refractivity contribution in [3.05, 3.63) is 79.0 Å². The Bertz CT molecular complexity index is 1490. The van der Waals surface area contributed by atoms with Gasteiger partial charge in [-0.2, -0.15) is 5.10 Å². The van der Waals surface area contributed by atoms with Gasteiger partial charge in [0.25, 0.3) is 0 Å². The summed E-state index contributed by atoms with van der Waals surface area (Å²) < 4.78 is 50.5. The van der Waals surface area contributed by atoms with E-state index in [1.165, 1.54) is 6.07 Å². The van der Waals surface area contributed by atoms with E-state index in [-0.39, 0.29) is 35.5 Å². The van der Waals surface area contributed by atoms with Crippen molar-refractivity contribution in [2.75, 3.05) is 23.6 Å². The summed E-state index contributed by atoms with van der Waals surface area (Å²) in [6.07, 6.45) is 7.62. The van der Waals surface area contributed by atoms with Crippen LogP contribution in [0.25, 0.3) is 28.1 Å². The number of pyridine rings is 1. The van der Waals surface area contributed by atoms with Gasteiger partial charge < -0.3 is 10.1 Å². The fourth-order valence-electron chi connectivity index (χ4n) is 4.52. The Balaban J connectivity index is 0.00000353. The largest absolute Gasteiger partial charge is 0.490 e. The van der Waals surface area contributed by atoms with Crippen molar-refractivity contribution in [1.29, 1.82) is 0 Å². The molecule has 8 nitrogen and oxygen atoms in total. The summed E-state index contributed by atoms with van der Waals surface area (Å²) in [7, 11) is -3.66. The SMILES string of the molecule is CCCS(=O)(=O)Nc1cccc(-c2cn(-c3ccc(OC4CCNCC4)cc3)nc2-c2ccncc2)c1F.Cl. The van der Waals surface area contributed by atoms with Crippen LogP contribution in [-0.2, 0) is 10.0 Å². The second kappa shape index (κ2) is 12.6. The fourth-order valence-corrected chi connectivity index (χ4v) is 5.65. The average Bonchev–Trinajstić information content (AvgIpc) is 3.36. The summed E-state index contributed by atoms with van der Waals surface area (Å²) >= 11 is 0. The van der Waals surface area contributed by atoms with Crippen molar-refractivity contribution in [2.45, 2.75) is 32.3 Å². The fraction of sp³-hybridized carbons (Fsp3) is 0.286. The van der Waals surface area contributed by atoms with Crippen LogP contribution in [0, 0.1) is 5.82 Å². The molecule has 0 spiro atoms. The molecule has 1 fully saturated rings. The van der Waals surface area contributed by atoms with Gasteiger partial charge in [0.2, 0.25) is 10.0 Å². The summed E-state index contributed by atoms with van der Waals surface area (Å²) in [4.78, 5) is 4.08. The number of rotatable bonds is 9. The van der Waals surface area contributed by atoms with Crippen LogP contribution in [0.5, 0.6) is 5.75 Å². The normalized spacial score (nSPS) is 14.0. The van der Waals surface area contributed by atoms with Crippen molar-refractivity contribution < 1.29 is 17.5 Å². The first-order chi connectivity index (χ1) is 18.4. The monoisotopic (exact) mass is 571 g/mol. The summed E-state index contributed by atoms with van der Waals surface area (Å²) in [5.41, 5.74) is 2.77. The number of nitrogens with one attached hydrogen (secondary N) is 2. The van der Waals surface area contributed by atoms with Crippen LogP contribution in [0.15, 0.2) is 73.2 Å². The van der Waals surface area contributed by atoms with E-state index in [4.69, 9.17) is 9.84 Å². The third kappa shape index (κ3) is 6.76. The van der Waals surface area contributed by atoms with Crippen molar-refractivity contribution in [1.82, 2.24) is 20.1 Å². The van der Waals surface area contributed by atoms with Crippen molar-refractivity contribution >= 4 is 28.1 Å². The second-order valence-electron chi connectivity index (χ2n) is 9.22. The number of sulfonamides is 1. The number of nitrogens with zero attached hydrogens (tertiary/aromatic N) is 3. The van der Waals surface area contributed by atoms with E-state index in [0.717, 1.165) is 42.9 Å².